The third kappa shape index (κ3) is 1.81. The molecule has 2 rings (SSSR count). The van der Waals surface area contributed by atoms with E-state index < -0.39 is 34.4 Å². The molecule has 1 N–H and O–H groups in total. The predicted octanol–water partition coefficient (Wildman–Crippen LogP) is 1.05. The second kappa shape index (κ2) is 4.72. The number of rotatable bonds is 4. The smallest absolute Gasteiger partial charge is 0.326 e. The van der Waals surface area contributed by atoms with Crippen molar-refractivity contribution < 1.29 is 24.4 Å². The highest BCUT2D eigenvalue weighted by Crippen LogP contribution is 2.32. The molecule has 104 valence electrons. The van der Waals surface area contributed by atoms with Crippen molar-refractivity contribution in [1.82, 2.24) is 4.90 Å². The van der Waals surface area contributed by atoms with Crippen molar-refractivity contribution in [2.45, 2.75) is 19.4 Å². The van der Waals surface area contributed by atoms with Gasteiger partial charge in [0.2, 0.25) is 0 Å². The molecule has 20 heavy (non-hydrogen) atoms. The number of benzene rings is 1. The molecule has 0 saturated heterocycles. The van der Waals surface area contributed by atoms with E-state index in [0.717, 1.165) is 6.07 Å². The summed E-state index contributed by atoms with van der Waals surface area (Å²) < 4.78 is 0. The average molecular weight is 278 g/mol. The summed E-state index contributed by atoms with van der Waals surface area (Å²) in [4.78, 5) is 46.1. The number of aliphatic carboxylic acids is 1. The normalized spacial score (nSPS) is 15.2. The van der Waals surface area contributed by atoms with Crippen LogP contribution in [0.25, 0.3) is 0 Å². The third-order valence-electron chi connectivity index (χ3n) is 3.10. The van der Waals surface area contributed by atoms with Gasteiger partial charge in [-0.1, -0.05) is 13.0 Å². The molecule has 0 fully saturated rings. The van der Waals surface area contributed by atoms with Crippen LogP contribution in [0.2, 0.25) is 0 Å². The molecule has 1 aliphatic heterocycles. The van der Waals surface area contributed by atoms with Crippen molar-refractivity contribution in [3.05, 3.63) is 39.4 Å². The van der Waals surface area contributed by atoms with Gasteiger partial charge in [-0.05, 0) is 12.5 Å². The fourth-order valence-corrected chi connectivity index (χ4v) is 2.19. The zero-order valence-electron chi connectivity index (χ0n) is 10.4. The van der Waals surface area contributed by atoms with Gasteiger partial charge >= 0.3 is 5.97 Å². The first-order chi connectivity index (χ1) is 9.40. The largest absolute Gasteiger partial charge is 0.480 e. The summed E-state index contributed by atoms with van der Waals surface area (Å²) >= 11 is 0. The van der Waals surface area contributed by atoms with Gasteiger partial charge in [-0.25, -0.2) is 4.79 Å². The van der Waals surface area contributed by atoms with Crippen LogP contribution in [0.4, 0.5) is 5.69 Å². The molecule has 1 heterocycles. The lowest BCUT2D eigenvalue weighted by Gasteiger charge is -2.20. The molecule has 0 bridgehead atoms. The number of fused-ring (bicyclic) bond motifs is 1. The van der Waals surface area contributed by atoms with Crippen molar-refractivity contribution in [1.29, 1.82) is 0 Å². The number of carbonyl (C=O) groups is 3. The summed E-state index contributed by atoms with van der Waals surface area (Å²) in [5.41, 5.74) is -0.977. The molecule has 0 radical (unpaired) electrons. The fourth-order valence-electron chi connectivity index (χ4n) is 2.19. The van der Waals surface area contributed by atoms with Crippen molar-refractivity contribution in [2.24, 2.45) is 0 Å². The Bertz CT molecular complexity index is 639. The number of hydrogen-bond donors (Lipinski definition) is 1. The van der Waals surface area contributed by atoms with Gasteiger partial charge in [-0.2, -0.15) is 0 Å². The van der Waals surface area contributed by atoms with Crippen LogP contribution in [0, 0.1) is 10.1 Å². The van der Waals surface area contributed by atoms with E-state index in [2.05, 4.69) is 0 Å². The monoisotopic (exact) mass is 278 g/mol. The van der Waals surface area contributed by atoms with Gasteiger partial charge in [0.25, 0.3) is 17.5 Å². The van der Waals surface area contributed by atoms with Crippen LogP contribution in [0.3, 0.4) is 0 Å². The Balaban J connectivity index is 2.59. The molecule has 0 spiro atoms. The highest BCUT2D eigenvalue weighted by molar-refractivity contribution is 6.24. The first-order valence-electron chi connectivity index (χ1n) is 5.78. The highest BCUT2D eigenvalue weighted by Gasteiger charge is 2.45. The Morgan fingerprint density at radius 3 is 2.55 bits per heavy atom. The molecular weight excluding hydrogens is 268 g/mol. The number of hydrogen-bond acceptors (Lipinski definition) is 5. The maximum atomic E-state index is 12.2. The molecule has 0 aromatic heterocycles. The van der Waals surface area contributed by atoms with Gasteiger partial charge < -0.3 is 5.11 Å². The van der Waals surface area contributed by atoms with E-state index in [1.165, 1.54) is 19.1 Å². The van der Waals surface area contributed by atoms with Gasteiger partial charge in [0.1, 0.15) is 11.6 Å². The van der Waals surface area contributed by atoms with Gasteiger partial charge in [-0.3, -0.25) is 24.6 Å². The third-order valence-corrected chi connectivity index (χ3v) is 3.10. The van der Waals surface area contributed by atoms with Crippen LogP contribution < -0.4 is 0 Å². The highest BCUT2D eigenvalue weighted by atomic mass is 16.6. The Hall–Kier alpha value is -2.77. The number of amides is 2. The van der Waals surface area contributed by atoms with E-state index in [4.69, 9.17) is 5.11 Å². The van der Waals surface area contributed by atoms with Crippen molar-refractivity contribution in [2.75, 3.05) is 0 Å². The Kier molecular flexibility index (Phi) is 3.23. The summed E-state index contributed by atoms with van der Waals surface area (Å²) in [6.45, 7) is 1.51. The average Bonchev–Trinajstić information content (AvgIpc) is 2.64. The Labute approximate surface area is 112 Å². The first kappa shape index (κ1) is 13.7. The van der Waals surface area contributed by atoms with Crippen LogP contribution in [-0.4, -0.2) is 38.8 Å². The van der Waals surface area contributed by atoms with Gasteiger partial charge in [-0.15, -0.1) is 0 Å². The maximum Gasteiger partial charge on any atom is 0.326 e. The summed E-state index contributed by atoms with van der Waals surface area (Å²) in [5.74, 6) is -3.08. The first-order valence-corrected chi connectivity index (χ1v) is 5.78. The Morgan fingerprint density at radius 2 is 2.05 bits per heavy atom. The lowest BCUT2D eigenvalue weighted by Crippen LogP contribution is -2.44. The molecule has 8 nitrogen and oxygen atoms in total. The van der Waals surface area contributed by atoms with E-state index in [1.54, 1.807) is 0 Å². The van der Waals surface area contributed by atoms with Crippen LogP contribution in [0.15, 0.2) is 18.2 Å². The lowest BCUT2D eigenvalue weighted by atomic mass is 10.1. The zero-order chi connectivity index (χ0) is 15.0. The molecule has 2 amide bonds. The number of nitro groups is 1. The van der Waals surface area contributed by atoms with Gasteiger partial charge in [0.05, 0.1) is 10.5 Å². The van der Waals surface area contributed by atoms with Crippen LogP contribution in [-0.2, 0) is 4.79 Å². The molecule has 0 aliphatic carbocycles. The summed E-state index contributed by atoms with van der Waals surface area (Å²) in [7, 11) is 0. The molecule has 0 saturated carbocycles. The van der Waals surface area contributed by atoms with Crippen molar-refractivity contribution in [3.8, 4) is 0 Å². The zero-order valence-corrected chi connectivity index (χ0v) is 10.4. The van der Waals surface area contributed by atoms with E-state index in [0.29, 0.717) is 4.90 Å². The molecule has 1 atom stereocenters. The standard InChI is InChI=1S/C12H10N2O6/c1-2-7(12(17)18)13-10(15)6-4-3-5-8(14(19)20)9(6)11(13)16/h3-5,7H,2H2,1H3,(H,17,18). The molecular formula is C12H10N2O6. The second-order valence-corrected chi connectivity index (χ2v) is 4.20. The van der Waals surface area contributed by atoms with Crippen molar-refractivity contribution >= 4 is 23.5 Å². The number of carboxylic acid groups (broad SMARTS) is 1. The minimum atomic E-state index is -1.33. The summed E-state index contributed by atoms with van der Waals surface area (Å²) in [6, 6.07) is 2.33. The minimum absolute atomic E-state index is 0.0224. The van der Waals surface area contributed by atoms with Crippen LogP contribution >= 0.6 is 0 Å². The van der Waals surface area contributed by atoms with Crippen molar-refractivity contribution in [3.63, 3.8) is 0 Å². The lowest BCUT2D eigenvalue weighted by molar-refractivity contribution is -0.385. The number of nitrogens with zero attached hydrogens (tertiary/aromatic N) is 2. The summed E-state index contributed by atoms with van der Waals surface area (Å²) in [5, 5.41) is 19.9. The van der Waals surface area contributed by atoms with Gasteiger partial charge in [0, 0.05) is 6.07 Å². The van der Waals surface area contributed by atoms with E-state index in [-0.39, 0.29) is 17.5 Å². The predicted molar refractivity (Wildman–Crippen MR) is 65.3 cm³/mol. The minimum Gasteiger partial charge on any atom is -0.480 e. The van der Waals surface area contributed by atoms with E-state index in [1.807, 2.05) is 0 Å². The van der Waals surface area contributed by atoms with Crippen LogP contribution in [0.5, 0.6) is 0 Å². The SMILES string of the molecule is CCC(C(=O)O)N1C(=O)c2cccc([N+](=O)[O-])c2C1=O. The summed E-state index contributed by atoms with van der Waals surface area (Å²) in [6.07, 6.45) is 0.0224. The molecule has 1 unspecified atom stereocenters. The molecule has 1 aromatic carbocycles. The maximum absolute atomic E-state index is 12.2. The number of nitro benzene ring substituents is 1. The quantitative estimate of drug-likeness (QED) is 0.499. The molecule has 8 heteroatoms. The number of carboxylic acids is 1. The van der Waals surface area contributed by atoms with Gasteiger partial charge in [0.15, 0.2) is 0 Å². The second-order valence-electron chi connectivity index (χ2n) is 4.20. The van der Waals surface area contributed by atoms with E-state index in [9.17, 15) is 24.5 Å². The number of carbonyl (C=O) groups excluding carboxylic acids is 2. The Morgan fingerprint density at radius 1 is 1.40 bits per heavy atom. The molecule has 1 aliphatic rings. The topological polar surface area (TPSA) is 118 Å². The number of imide groups is 1. The van der Waals surface area contributed by atoms with E-state index >= 15 is 0 Å². The molecule has 1 aromatic rings. The van der Waals surface area contributed by atoms with Crippen LogP contribution in [0.1, 0.15) is 34.1 Å². The fraction of sp³-hybridized carbons (Fsp3) is 0.250.